The van der Waals surface area contributed by atoms with Gasteiger partial charge in [0, 0.05) is 19.6 Å². The van der Waals surface area contributed by atoms with Gasteiger partial charge in [0.15, 0.2) is 0 Å². The monoisotopic (exact) mass is 422 g/mol. The molecule has 0 saturated carbocycles. The number of carbonyl (C=O) groups is 1. The minimum atomic E-state index is -0.307. The molecule has 1 atom stereocenters. The molecule has 2 heterocycles. The summed E-state index contributed by atoms with van der Waals surface area (Å²) in [4.78, 5) is 15.5. The van der Waals surface area contributed by atoms with Crippen molar-refractivity contribution in [2.45, 2.75) is 19.9 Å². The largest absolute Gasteiger partial charge is 0.379 e. The van der Waals surface area contributed by atoms with E-state index in [0.717, 1.165) is 24.5 Å². The maximum Gasteiger partial charge on any atom is 0.255 e. The molecule has 7 heteroatoms. The zero-order valence-electron chi connectivity index (χ0n) is 17.8. The molecule has 6 nitrogen and oxygen atoms in total. The minimum absolute atomic E-state index is 0.0711. The van der Waals surface area contributed by atoms with Crippen LogP contribution in [-0.2, 0) is 4.74 Å². The van der Waals surface area contributed by atoms with Crippen molar-refractivity contribution in [1.29, 1.82) is 0 Å². The number of benzene rings is 2. The molecule has 2 aromatic carbocycles. The number of hydrogen-bond donors (Lipinski definition) is 1. The number of halogens is 1. The average Bonchev–Trinajstić information content (AvgIpc) is 3.09. The van der Waals surface area contributed by atoms with Crippen LogP contribution in [0, 0.1) is 19.7 Å². The lowest BCUT2D eigenvalue weighted by Crippen LogP contribution is -2.43. The lowest BCUT2D eigenvalue weighted by Gasteiger charge is -2.35. The normalized spacial score (nSPS) is 15.6. The lowest BCUT2D eigenvalue weighted by molar-refractivity contribution is 0.0162. The molecule has 1 aliphatic rings. The first kappa shape index (κ1) is 21.2. The smallest absolute Gasteiger partial charge is 0.255 e. The highest BCUT2D eigenvalue weighted by Crippen LogP contribution is 2.22. The van der Waals surface area contributed by atoms with E-state index in [0.29, 0.717) is 31.0 Å². The number of nitrogens with zero attached hydrogens (tertiary/aromatic N) is 3. The van der Waals surface area contributed by atoms with Crippen molar-refractivity contribution in [2.75, 3.05) is 32.8 Å². The van der Waals surface area contributed by atoms with E-state index in [4.69, 9.17) is 4.74 Å². The van der Waals surface area contributed by atoms with E-state index in [1.54, 1.807) is 16.8 Å². The van der Waals surface area contributed by atoms with E-state index in [1.807, 2.05) is 32.0 Å². The minimum Gasteiger partial charge on any atom is -0.379 e. The number of carbonyl (C=O) groups excluding carboxylic acids is 1. The third-order valence-corrected chi connectivity index (χ3v) is 5.72. The molecule has 3 aromatic rings. The molecule has 4 rings (SSSR count). The van der Waals surface area contributed by atoms with Crippen LogP contribution in [0.1, 0.15) is 33.4 Å². The maximum absolute atomic E-state index is 13.3. The number of ether oxygens (including phenoxy) is 1. The third kappa shape index (κ3) is 4.68. The highest BCUT2D eigenvalue weighted by Gasteiger charge is 2.25. The van der Waals surface area contributed by atoms with Crippen LogP contribution in [-0.4, -0.2) is 53.4 Å². The summed E-state index contributed by atoms with van der Waals surface area (Å²) in [7, 11) is 0. The highest BCUT2D eigenvalue weighted by atomic mass is 19.1. The van der Waals surface area contributed by atoms with Crippen molar-refractivity contribution < 1.29 is 13.9 Å². The van der Waals surface area contributed by atoms with Crippen molar-refractivity contribution in [2.24, 2.45) is 0 Å². The maximum atomic E-state index is 13.3. The summed E-state index contributed by atoms with van der Waals surface area (Å²) in [6.45, 7) is 7.21. The molecule has 0 bridgehead atoms. The van der Waals surface area contributed by atoms with Crippen LogP contribution in [0.3, 0.4) is 0 Å². The number of amides is 1. The Labute approximate surface area is 181 Å². The molecule has 1 fully saturated rings. The summed E-state index contributed by atoms with van der Waals surface area (Å²) in [6, 6.07) is 16.4. The van der Waals surface area contributed by atoms with Crippen LogP contribution < -0.4 is 5.32 Å². The Bertz CT molecular complexity index is 1030. The SMILES string of the molecule is Cc1nn(-c2ccc(F)cc2)c(C)c1C(=O)NCC(c1ccccc1)N1CCOCC1. The fourth-order valence-electron chi connectivity index (χ4n) is 4.10. The van der Waals surface area contributed by atoms with Crippen LogP contribution in [0.2, 0.25) is 0 Å². The molecule has 1 unspecified atom stereocenters. The molecule has 1 N–H and O–H groups in total. The molecule has 1 saturated heterocycles. The Morgan fingerprint density at radius 1 is 1.10 bits per heavy atom. The van der Waals surface area contributed by atoms with E-state index in [9.17, 15) is 9.18 Å². The predicted octanol–water partition coefficient (Wildman–Crippen LogP) is 3.43. The summed E-state index contributed by atoms with van der Waals surface area (Å²) >= 11 is 0. The summed E-state index contributed by atoms with van der Waals surface area (Å²) in [5.41, 5.74) is 3.81. The second-order valence-electron chi connectivity index (χ2n) is 7.72. The summed E-state index contributed by atoms with van der Waals surface area (Å²) < 4.78 is 20.5. The molecule has 1 aromatic heterocycles. The van der Waals surface area contributed by atoms with Gasteiger partial charge in [0.1, 0.15) is 5.82 Å². The second-order valence-corrected chi connectivity index (χ2v) is 7.72. The van der Waals surface area contributed by atoms with Gasteiger partial charge in [-0.15, -0.1) is 0 Å². The van der Waals surface area contributed by atoms with Gasteiger partial charge in [0.25, 0.3) is 5.91 Å². The fraction of sp³-hybridized carbons (Fsp3) is 0.333. The predicted molar refractivity (Wildman–Crippen MR) is 117 cm³/mol. The molecule has 0 spiro atoms. The molecular weight excluding hydrogens is 395 g/mol. The van der Waals surface area contributed by atoms with Crippen LogP contribution in [0.4, 0.5) is 4.39 Å². The summed E-state index contributed by atoms with van der Waals surface area (Å²) in [6.07, 6.45) is 0. The highest BCUT2D eigenvalue weighted by molar-refractivity contribution is 5.96. The number of morpholine rings is 1. The lowest BCUT2D eigenvalue weighted by atomic mass is 10.0. The second kappa shape index (κ2) is 9.41. The van der Waals surface area contributed by atoms with Crippen molar-refractivity contribution >= 4 is 5.91 Å². The molecule has 0 aliphatic carbocycles. The molecule has 31 heavy (non-hydrogen) atoms. The standard InChI is InChI=1S/C24H27FN4O2/c1-17-23(18(2)29(27-17)21-10-8-20(25)9-11-21)24(30)26-16-22(19-6-4-3-5-7-19)28-12-14-31-15-13-28/h3-11,22H,12-16H2,1-2H3,(H,26,30). The Kier molecular flexibility index (Phi) is 6.44. The van der Waals surface area contributed by atoms with Gasteiger partial charge in [-0.1, -0.05) is 30.3 Å². The Morgan fingerprint density at radius 2 is 1.77 bits per heavy atom. The van der Waals surface area contributed by atoms with Crippen LogP contribution in [0.25, 0.3) is 5.69 Å². The molecule has 162 valence electrons. The quantitative estimate of drug-likeness (QED) is 0.661. The van der Waals surface area contributed by atoms with Gasteiger partial charge in [0.05, 0.1) is 41.9 Å². The van der Waals surface area contributed by atoms with E-state index in [1.165, 1.54) is 17.7 Å². The van der Waals surface area contributed by atoms with Gasteiger partial charge in [-0.05, 0) is 43.7 Å². The van der Waals surface area contributed by atoms with Crippen LogP contribution in [0.15, 0.2) is 54.6 Å². The Morgan fingerprint density at radius 3 is 2.45 bits per heavy atom. The average molecular weight is 423 g/mol. The van der Waals surface area contributed by atoms with Gasteiger partial charge in [-0.25, -0.2) is 9.07 Å². The molecule has 1 aliphatic heterocycles. The Balaban J connectivity index is 1.53. The van der Waals surface area contributed by atoms with Crippen molar-refractivity contribution in [3.63, 3.8) is 0 Å². The number of aromatic nitrogens is 2. The zero-order valence-corrected chi connectivity index (χ0v) is 17.8. The van der Waals surface area contributed by atoms with Crippen LogP contribution >= 0.6 is 0 Å². The van der Waals surface area contributed by atoms with Gasteiger partial charge in [-0.3, -0.25) is 9.69 Å². The van der Waals surface area contributed by atoms with Gasteiger partial charge in [0.2, 0.25) is 0 Å². The number of rotatable bonds is 6. The summed E-state index contributed by atoms with van der Waals surface area (Å²) in [5.74, 6) is -0.462. The molecular formula is C24H27FN4O2. The van der Waals surface area contributed by atoms with Gasteiger partial charge >= 0.3 is 0 Å². The van der Waals surface area contributed by atoms with Gasteiger partial charge in [-0.2, -0.15) is 5.10 Å². The Hall–Kier alpha value is -3.03. The van der Waals surface area contributed by atoms with E-state index < -0.39 is 0 Å². The number of hydrogen-bond acceptors (Lipinski definition) is 4. The molecule has 1 amide bonds. The first-order valence-electron chi connectivity index (χ1n) is 10.5. The van der Waals surface area contributed by atoms with E-state index in [2.05, 4.69) is 27.4 Å². The zero-order chi connectivity index (χ0) is 21.8. The molecule has 0 radical (unpaired) electrons. The van der Waals surface area contributed by atoms with Crippen molar-refractivity contribution in [1.82, 2.24) is 20.0 Å². The first-order chi connectivity index (χ1) is 15.0. The van der Waals surface area contributed by atoms with Crippen LogP contribution in [0.5, 0.6) is 0 Å². The topological polar surface area (TPSA) is 59.4 Å². The number of nitrogens with one attached hydrogen (secondary N) is 1. The first-order valence-corrected chi connectivity index (χ1v) is 10.5. The van der Waals surface area contributed by atoms with E-state index in [-0.39, 0.29) is 17.8 Å². The van der Waals surface area contributed by atoms with Crippen molar-refractivity contribution in [3.8, 4) is 5.69 Å². The van der Waals surface area contributed by atoms with Crippen molar-refractivity contribution in [3.05, 3.63) is 82.9 Å². The fourth-order valence-corrected chi connectivity index (χ4v) is 4.10. The number of aryl methyl sites for hydroxylation is 1. The van der Waals surface area contributed by atoms with E-state index >= 15 is 0 Å². The van der Waals surface area contributed by atoms with Gasteiger partial charge < -0.3 is 10.1 Å². The third-order valence-electron chi connectivity index (χ3n) is 5.72. The summed E-state index contributed by atoms with van der Waals surface area (Å²) in [5, 5.41) is 7.63.